The Morgan fingerprint density at radius 1 is 1.15 bits per heavy atom. The van der Waals surface area contributed by atoms with Gasteiger partial charge in [-0.2, -0.15) is 5.10 Å². The summed E-state index contributed by atoms with van der Waals surface area (Å²) in [4.78, 5) is 38.0. The summed E-state index contributed by atoms with van der Waals surface area (Å²) in [5, 5.41) is 6.66. The Kier molecular flexibility index (Phi) is 5.58. The molecular formula is C18H13ClN4O3S. The molecule has 9 heteroatoms. The highest BCUT2D eigenvalue weighted by molar-refractivity contribution is 7.80. The van der Waals surface area contributed by atoms with Gasteiger partial charge in [-0.05, 0) is 48.6 Å². The quantitative estimate of drug-likeness (QED) is 0.356. The molecule has 0 radical (unpaired) electrons. The van der Waals surface area contributed by atoms with Gasteiger partial charge in [-0.15, -0.1) is 0 Å². The fraction of sp³-hybridized carbons (Fsp3) is 0.0556. The molecule has 0 spiro atoms. The number of hydrogen-bond donors (Lipinski definition) is 2. The van der Waals surface area contributed by atoms with E-state index < -0.39 is 23.6 Å². The number of benzene rings is 2. The summed E-state index contributed by atoms with van der Waals surface area (Å²) < 4.78 is 0. The number of halogens is 1. The van der Waals surface area contributed by atoms with Crippen molar-refractivity contribution in [2.45, 2.75) is 0 Å². The number of amides is 3. The van der Waals surface area contributed by atoms with Crippen LogP contribution in [0.25, 0.3) is 0 Å². The maximum absolute atomic E-state index is 12.7. The summed E-state index contributed by atoms with van der Waals surface area (Å²) >= 11 is 10.9. The molecule has 0 saturated carbocycles. The SMILES string of the molecule is O=C(N/N=C\[C@@H]1C(=O)NC(=S)N(c2ccc(Cl)cc2)C1=O)c1ccccc1. The zero-order valence-electron chi connectivity index (χ0n) is 13.8. The Bertz CT molecular complexity index is 931. The first kappa shape index (κ1) is 18.7. The lowest BCUT2D eigenvalue weighted by Gasteiger charge is -2.30. The molecule has 1 atom stereocenters. The average Bonchev–Trinajstić information content (AvgIpc) is 2.66. The van der Waals surface area contributed by atoms with Gasteiger partial charge in [0.05, 0.1) is 5.69 Å². The van der Waals surface area contributed by atoms with Crippen LogP contribution < -0.4 is 15.6 Å². The first-order valence-corrected chi connectivity index (χ1v) is 8.59. The number of hydrogen-bond acceptors (Lipinski definition) is 5. The second-order valence-corrected chi connectivity index (χ2v) is 6.33. The van der Waals surface area contributed by atoms with Crippen molar-refractivity contribution in [1.82, 2.24) is 10.7 Å². The maximum Gasteiger partial charge on any atom is 0.271 e. The molecule has 0 aromatic heterocycles. The summed E-state index contributed by atoms with van der Waals surface area (Å²) in [5.41, 5.74) is 3.15. The van der Waals surface area contributed by atoms with E-state index in [0.717, 1.165) is 6.21 Å². The molecule has 3 amide bonds. The molecule has 27 heavy (non-hydrogen) atoms. The third kappa shape index (κ3) is 4.18. The highest BCUT2D eigenvalue weighted by Gasteiger charge is 2.38. The van der Waals surface area contributed by atoms with E-state index in [-0.39, 0.29) is 5.11 Å². The third-order valence-corrected chi connectivity index (χ3v) is 4.25. The number of hydrazone groups is 1. The van der Waals surface area contributed by atoms with Gasteiger partial charge < -0.3 is 5.32 Å². The molecule has 0 aliphatic carbocycles. The van der Waals surface area contributed by atoms with Gasteiger partial charge in [-0.1, -0.05) is 29.8 Å². The van der Waals surface area contributed by atoms with E-state index in [2.05, 4.69) is 15.8 Å². The van der Waals surface area contributed by atoms with Crippen molar-refractivity contribution < 1.29 is 14.4 Å². The van der Waals surface area contributed by atoms with Gasteiger partial charge in [0.15, 0.2) is 11.0 Å². The molecule has 0 bridgehead atoms. The van der Waals surface area contributed by atoms with Crippen molar-refractivity contribution in [3.63, 3.8) is 0 Å². The van der Waals surface area contributed by atoms with Gasteiger partial charge in [0.2, 0.25) is 5.91 Å². The summed E-state index contributed by atoms with van der Waals surface area (Å²) in [5.74, 6) is -2.89. The van der Waals surface area contributed by atoms with Crippen LogP contribution in [0.2, 0.25) is 5.02 Å². The molecule has 0 unspecified atom stereocenters. The van der Waals surface area contributed by atoms with Crippen LogP contribution in [0.15, 0.2) is 59.7 Å². The van der Waals surface area contributed by atoms with Gasteiger partial charge in [-0.3, -0.25) is 19.3 Å². The Hall–Kier alpha value is -3.10. The van der Waals surface area contributed by atoms with Gasteiger partial charge in [-0.25, -0.2) is 5.43 Å². The first-order chi connectivity index (χ1) is 13.0. The molecule has 2 aromatic carbocycles. The fourth-order valence-corrected chi connectivity index (χ4v) is 2.80. The molecule has 1 heterocycles. The minimum absolute atomic E-state index is 0.0368. The van der Waals surface area contributed by atoms with E-state index in [4.69, 9.17) is 23.8 Å². The molecule has 3 rings (SSSR count). The zero-order valence-corrected chi connectivity index (χ0v) is 15.3. The molecule has 2 aromatic rings. The van der Waals surface area contributed by atoms with Crippen molar-refractivity contribution in [3.8, 4) is 0 Å². The normalized spacial score (nSPS) is 17.1. The largest absolute Gasteiger partial charge is 0.301 e. The lowest BCUT2D eigenvalue weighted by atomic mass is 10.1. The zero-order chi connectivity index (χ0) is 19.4. The van der Waals surface area contributed by atoms with Gasteiger partial charge in [0.25, 0.3) is 11.8 Å². The van der Waals surface area contributed by atoms with Crippen molar-refractivity contribution in [2.24, 2.45) is 11.0 Å². The van der Waals surface area contributed by atoms with Crippen molar-refractivity contribution in [1.29, 1.82) is 0 Å². The number of carbonyl (C=O) groups is 3. The summed E-state index contributed by atoms with van der Waals surface area (Å²) in [7, 11) is 0. The summed E-state index contributed by atoms with van der Waals surface area (Å²) in [6.45, 7) is 0. The van der Waals surface area contributed by atoms with E-state index in [9.17, 15) is 14.4 Å². The minimum atomic E-state index is -1.23. The fourth-order valence-electron chi connectivity index (χ4n) is 2.38. The van der Waals surface area contributed by atoms with Crippen LogP contribution in [-0.2, 0) is 9.59 Å². The third-order valence-electron chi connectivity index (χ3n) is 3.71. The number of nitrogens with one attached hydrogen (secondary N) is 2. The van der Waals surface area contributed by atoms with Crippen LogP contribution in [0.1, 0.15) is 10.4 Å². The standard InChI is InChI=1S/C18H13ClN4O3S/c19-12-6-8-13(9-7-12)23-17(26)14(16(25)21-18(23)27)10-20-22-15(24)11-4-2-1-3-5-11/h1-10,14H,(H,22,24)(H,21,25,27)/b20-10-/t14-/m1/s1. The molecule has 1 aliphatic heterocycles. The maximum atomic E-state index is 12.7. The Labute approximate surface area is 165 Å². The highest BCUT2D eigenvalue weighted by Crippen LogP contribution is 2.22. The van der Waals surface area contributed by atoms with Crippen LogP contribution >= 0.6 is 23.8 Å². The van der Waals surface area contributed by atoms with Crippen LogP contribution in [0.4, 0.5) is 5.69 Å². The molecule has 136 valence electrons. The van der Waals surface area contributed by atoms with Crippen molar-refractivity contribution in [2.75, 3.05) is 4.90 Å². The number of rotatable bonds is 4. The molecule has 1 saturated heterocycles. The van der Waals surface area contributed by atoms with Crippen LogP contribution in [0.5, 0.6) is 0 Å². The summed E-state index contributed by atoms with van der Waals surface area (Å²) in [6, 6.07) is 14.8. The van der Waals surface area contributed by atoms with E-state index in [1.165, 1.54) is 4.90 Å². The Balaban J connectivity index is 1.75. The molecule has 7 nitrogen and oxygen atoms in total. The Morgan fingerprint density at radius 3 is 2.48 bits per heavy atom. The van der Waals surface area contributed by atoms with Gasteiger partial charge in [0.1, 0.15) is 0 Å². The van der Waals surface area contributed by atoms with Gasteiger partial charge in [0, 0.05) is 16.8 Å². The van der Waals surface area contributed by atoms with Crippen molar-refractivity contribution in [3.05, 3.63) is 65.2 Å². The smallest absolute Gasteiger partial charge is 0.271 e. The van der Waals surface area contributed by atoms with Crippen LogP contribution in [0.3, 0.4) is 0 Å². The number of nitrogens with zero attached hydrogens (tertiary/aromatic N) is 2. The lowest BCUT2D eigenvalue weighted by molar-refractivity contribution is -0.130. The monoisotopic (exact) mass is 400 g/mol. The second kappa shape index (κ2) is 8.07. The first-order valence-electron chi connectivity index (χ1n) is 7.80. The predicted molar refractivity (Wildman–Crippen MR) is 106 cm³/mol. The highest BCUT2D eigenvalue weighted by atomic mass is 35.5. The molecule has 1 aliphatic rings. The summed E-state index contributed by atoms with van der Waals surface area (Å²) in [6.07, 6.45) is 1.07. The Morgan fingerprint density at radius 2 is 1.81 bits per heavy atom. The van der Waals surface area contributed by atoms with Gasteiger partial charge >= 0.3 is 0 Å². The number of anilines is 1. The average molecular weight is 401 g/mol. The van der Waals surface area contributed by atoms with E-state index in [0.29, 0.717) is 16.3 Å². The van der Waals surface area contributed by atoms with Crippen LogP contribution in [0, 0.1) is 5.92 Å². The molecular weight excluding hydrogens is 388 g/mol. The van der Waals surface area contributed by atoms with E-state index in [1.807, 2.05) is 0 Å². The lowest BCUT2D eigenvalue weighted by Crippen LogP contribution is -2.58. The van der Waals surface area contributed by atoms with E-state index >= 15 is 0 Å². The van der Waals surface area contributed by atoms with Crippen molar-refractivity contribution >= 4 is 58.6 Å². The minimum Gasteiger partial charge on any atom is -0.301 e. The number of carbonyl (C=O) groups excluding carboxylic acids is 3. The second-order valence-electron chi connectivity index (χ2n) is 5.51. The predicted octanol–water partition coefficient (Wildman–Crippen LogP) is 2.12. The topological polar surface area (TPSA) is 90.9 Å². The molecule has 1 fully saturated rings. The number of thiocarbonyl (C=S) groups is 1. The van der Waals surface area contributed by atoms with Crippen LogP contribution in [-0.4, -0.2) is 29.0 Å². The molecule has 2 N–H and O–H groups in total. The van der Waals surface area contributed by atoms with E-state index in [1.54, 1.807) is 54.6 Å².